The predicted molar refractivity (Wildman–Crippen MR) is 88.4 cm³/mol. The van der Waals surface area contributed by atoms with Crippen molar-refractivity contribution >= 4 is 11.8 Å². The summed E-state index contributed by atoms with van der Waals surface area (Å²) < 4.78 is 5.70. The first kappa shape index (κ1) is 16.9. The molecule has 2 aromatic heterocycles. The van der Waals surface area contributed by atoms with Crippen molar-refractivity contribution in [3.8, 4) is 6.07 Å². The van der Waals surface area contributed by atoms with Gasteiger partial charge in [0.25, 0.3) is 5.22 Å². The average Bonchev–Trinajstić information content (AvgIpc) is 3.26. The summed E-state index contributed by atoms with van der Waals surface area (Å²) in [5, 5.41) is 27.1. The molecular weight excluding hydrogens is 324 g/mol. The standard InChI is InChI=1S/C16H20N6OS/c1-3-11-12(9-17)15(20-18-13(11)4-2)24-16-21-19-14(23-16)10-22-7-5-6-8-22/h3-8,10H2,1-2H3. The summed E-state index contributed by atoms with van der Waals surface area (Å²) in [5.74, 6) is 0.603. The van der Waals surface area contributed by atoms with Crippen LogP contribution in [0.15, 0.2) is 14.7 Å². The molecule has 24 heavy (non-hydrogen) atoms. The van der Waals surface area contributed by atoms with Crippen LogP contribution in [0.4, 0.5) is 0 Å². The molecule has 0 bridgehead atoms. The zero-order valence-corrected chi connectivity index (χ0v) is 14.8. The van der Waals surface area contributed by atoms with E-state index in [1.165, 1.54) is 24.6 Å². The van der Waals surface area contributed by atoms with E-state index in [1.54, 1.807) is 0 Å². The SMILES string of the molecule is CCc1nnc(Sc2nnc(CN3CCCC3)o2)c(C#N)c1CC. The molecule has 2 aromatic rings. The molecule has 1 saturated heterocycles. The minimum absolute atomic E-state index is 0.404. The zero-order chi connectivity index (χ0) is 16.9. The lowest BCUT2D eigenvalue weighted by molar-refractivity contribution is 0.278. The van der Waals surface area contributed by atoms with Gasteiger partial charge in [-0.3, -0.25) is 4.90 Å². The van der Waals surface area contributed by atoms with Crippen LogP contribution in [0.1, 0.15) is 49.4 Å². The minimum atomic E-state index is 0.404. The fraction of sp³-hybridized carbons (Fsp3) is 0.562. The Morgan fingerprint density at radius 2 is 1.92 bits per heavy atom. The molecule has 3 rings (SSSR count). The molecule has 0 aromatic carbocycles. The third kappa shape index (κ3) is 3.57. The Kier molecular flexibility index (Phi) is 5.43. The summed E-state index contributed by atoms with van der Waals surface area (Å²) in [6.07, 6.45) is 3.95. The molecule has 0 radical (unpaired) electrons. The third-order valence-corrected chi connectivity index (χ3v) is 4.93. The van der Waals surface area contributed by atoms with Gasteiger partial charge in [0.2, 0.25) is 5.89 Å². The van der Waals surface area contributed by atoms with Crippen molar-refractivity contribution in [2.45, 2.75) is 56.3 Å². The number of hydrogen-bond donors (Lipinski definition) is 0. The van der Waals surface area contributed by atoms with Crippen molar-refractivity contribution in [2.24, 2.45) is 0 Å². The van der Waals surface area contributed by atoms with Crippen LogP contribution in [0.3, 0.4) is 0 Å². The van der Waals surface area contributed by atoms with E-state index in [0.29, 0.717) is 28.2 Å². The van der Waals surface area contributed by atoms with Crippen molar-refractivity contribution in [1.82, 2.24) is 25.3 Å². The molecule has 1 fully saturated rings. The highest BCUT2D eigenvalue weighted by Gasteiger charge is 2.19. The summed E-state index contributed by atoms with van der Waals surface area (Å²) in [5.41, 5.74) is 2.39. The molecule has 0 unspecified atom stereocenters. The maximum atomic E-state index is 9.52. The number of rotatable bonds is 6. The van der Waals surface area contributed by atoms with E-state index in [1.807, 2.05) is 13.8 Å². The largest absolute Gasteiger partial charge is 0.414 e. The van der Waals surface area contributed by atoms with Gasteiger partial charge in [-0.1, -0.05) is 13.8 Å². The Morgan fingerprint density at radius 1 is 1.12 bits per heavy atom. The van der Waals surface area contributed by atoms with Crippen LogP contribution < -0.4 is 0 Å². The molecule has 1 aliphatic heterocycles. The molecular formula is C16H20N6OS. The highest BCUT2D eigenvalue weighted by molar-refractivity contribution is 7.99. The van der Waals surface area contributed by atoms with E-state index < -0.39 is 0 Å². The monoisotopic (exact) mass is 344 g/mol. The van der Waals surface area contributed by atoms with Gasteiger partial charge >= 0.3 is 0 Å². The molecule has 0 N–H and O–H groups in total. The first-order chi connectivity index (χ1) is 11.7. The van der Waals surface area contributed by atoms with Crippen molar-refractivity contribution < 1.29 is 4.42 Å². The van der Waals surface area contributed by atoms with Gasteiger partial charge in [-0.2, -0.15) is 10.4 Å². The fourth-order valence-electron chi connectivity index (χ4n) is 2.90. The predicted octanol–water partition coefficient (Wildman–Crippen LogP) is 2.60. The molecule has 0 saturated carbocycles. The molecule has 7 nitrogen and oxygen atoms in total. The average molecular weight is 344 g/mol. The fourth-order valence-corrected chi connectivity index (χ4v) is 3.64. The zero-order valence-electron chi connectivity index (χ0n) is 13.9. The first-order valence-electron chi connectivity index (χ1n) is 8.26. The molecule has 0 amide bonds. The summed E-state index contributed by atoms with van der Waals surface area (Å²) in [4.78, 5) is 2.30. The van der Waals surface area contributed by atoms with Crippen molar-refractivity contribution in [2.75, 3.05) is 13.1 Å². The molecule has 0 atom stereocenters. The summed E-state index contributed by atoms with van der Waals surface area (Å²) in [7, 11) is 0. The van der Waals surface area contributed by atoms with Gasteiger partial charge in [0, 0.05) is 0 Å². The van der Waals surface area contributed by atoms with Crippen LogP contribution in [0.25, 0.3) is 0 Å². The second-order valence-corrected chi connectivity index (χ2v) is 6.61. The van der Waals surface area contributed by atoms with Gasteiger partial charge in [0.1, 0.15) is 11.1 Å². The molecule has 3 heterocycles. The van der Waals surface area contributed by atoms with Crippen LogP contribution in [-0.2, 0) is 19.4 Å². The Bertz CT molecular complexity index is 748. The minimum Gasteiger partial charge on any atom is -0.414 e. The lowest BCUT2D eigenvalue weighted by atomic mass is 10.1. The van der Waals surface area contributed by atoms with Gasteiger partial charge in [-0.25, -0.2) is 0 Å². The van der Waals surface area contributed by atoms with Crippen molar-refractivity contribution in [1.29, 1.82) is 5.26 Å². The Hall–Kier alpha value is -1.98. The van der Waals surface area contributed by atoms with E-state index in [9.17, 15) is 5.26 Å². The number of nitrogens with zero attached hydrogens (tertiary/aromatic N) is 6. The van der Waals surface area contributed by atoms with Gasteiger partial charge < -0.3 is 4.42 Å². The van der Waals surface area contributed by atoms with E-state index in [-0.39, 0.29) is 0 Å². The summed E-state index contributed by atoms with van der Waals surface area (Å²) in [6, 6.07) is 2.25. The Labute approximate surface area is 145 Å². The molecule has 0 spiro atoms. The highest BCUT2D eigenvalue weighted by Crippen LogP contribution is 2.30. The van der Waals surface area contributed by atoms with Gasteiger partial charge in [0.15, 0.2) is 0 Å². The molecule has 0 aliphatic carbocycles. The smallest absolute Gasteiger partial charge is 0.283 e. The van der Waals surface area contributed by atoms with Gasteiger partial charge in [-0.15, -0.1) is 15.3 Å². The van der Waals surface area contributed by atoms with E-state index in [2.05, 4.69) is 31.4 Å². The molecule has 1 aliphatic rings. The number of hydrogen-bond acceptors (Lipinski definition) is 8. The quantitative estimate of drug-likeness (QED) is 0.789. The third-order valence-electron chi connectivity index (χ3n) is 4.12. The maximum absolute atomic E-state index is 9.52. The van der Waals surface area contributed by atoms with Crippen LogP contribution in [-0.4, -0.2) is 38.4 Å². The van der Waals surface area contributed by atoms with Gasteiger partial charge in [-0.05, 0) is 56.1 Å². The Morgan fingerprint density at radius 3 is 2.58 bits per heavy atom. The lowest BCUT2D eigenvalue weighted by Crippen LogP contribution is -2.18. The van der Waals surface area contributed by atoms with Gasteiger partial charge in [0.05, 0.1) is 17.8 Å². The van der Waals surface area contributed by atoms with E-state index in [4.69, 9.17) is 4.42 Å². The van der Waals surface area contributed by atoms with Crippen LogP contribution in [0, 0.1) is 11.3 Å². The number of nitriles is 1. The number of aromatic nitrogens is 4. The maximum Gasteiger partial charge on any atom is 0.283 e. The first-order valence-corrected chi connectivity index (χ1v) is 9.07. The molecule has 8 heteroatoms. The van der Waals surface area contributed by atoms with Crippen LogP contribution in [0.2, 0.25) is 0 Å². The Balaban J connectivity index is 1.78. The molecule has 126 valence electrons. The van der Waals surface area contributed by atoms with Crippen molar-refractivity contribution in [3.63, 3.8) is 0 Å². The normalized spacial score (nSPS) is 14.9. The lowest BCUT2D eigenvalue weighted by Gasteiger charge is -2.10. The van der Waals surface area contributed by atoms with E-state index >= 15 is 0 Å². The summed E-state index contributed by atoms with van der Waals surface area (Å²) >= 11 is 1.21. The van der Waals surface area contributed by atoms with Crippen LogP contribution in [0.5, 0.6) is 0 Å². The van der Waals surface area contributed by atoms with E-state index in [0.717, 1.165) is 37.2 Å². The highest BCUT2D eigenvalue weighted by atomic mass is 32.2. The second-order valence-electron chi connectivity index (χ2n) is 5.67. The number of aryl methyl sites for hydroxylation is 1. The second kappa shape index (κ2) is 7.73. The summed E-state index contributed by atoms with van der Waals surface area (Å²) in [6.45, 7) is 6.87. The number of likely N-dealkylation sites (tertiary alicyclic amines) is 1. The van der Waals surface area contributed by atoms with Crippen LogP contribution >= 0.6 is 11.8 Å². The topological polar surface area (TPSA) is 91.7 Å². The van der Waals surface area contributed by atoms with Crippen molar-refractivity contribution in [3.05, 3.63) is 22.7 Å².